The van der Waals surface area contributed by atoms with E-state index in [4.69, 9.17) is 0 Å². The molecule has 0 aliphatic carbocycles. The molecule has 0 aliphatic rings. The Labute approximate surface area is 98.1 Å². The number of rotatable bonds is 2. The molecular formula is C12H12FN3O. The van der Waals surface area contributed by atoms with Crippen LogP contribution in [0.1, 0.15) is 10.5 Å². The lowest BCUT2D eigenvalue weighted by Gasteiger charge is -2.06. The van der Waals surface area contributed by atoms with Crippen LogP contribution in [0.4, 0.5) is 4.39 Å². The molecule has 88 valence electrons. The Morgan fingerprint density at radius 3 is 2.53 bits per heavy atom. The van der Waals surface area contributed by atoms with Gasteiger partial charge in [0.25, 0.3) is 5.91 Å². The molecule has 2 rings (SSSR count). The third-order valence-corrected chi connectivity index (χ3v) is 2.35. The minimum Gasteiger partial charge on any atom is -0.343 e. The van der Waals surface area contributed by atoms with Crippen LogP contribution in [0.15, 0.2) is 30.3 Å². The summed E-state index contributed by atoms with van der Waals surface area (Å²) < 4.78 is 12.8. The average molecular weight is 233 g/mol. The molecule has 17 heavy (non-hydrogen) atoms. The molecule has 2 aromatic rings. The topological polar surface area (TPSA) is 49.0 Å². The molecule has 1 aromatic carbocycles. The molecule has 0 saturated heterocycles. The van der Waals surface area contributed by atoms with Gasteiger partial charge in [-0.1, -0.05) is 0 Å². The predicted octanol–water partition coefficient (Wildman–Crippen LogP) is 1.92. The standard InChI is InChI=1S/C12H12FN3O/c1-16(2)12(17)11-7-10(14-15-11)8-3-5-9(13)6-4-8/h3-7H,1-2H3,(H,14,15). The molecule has 0 unspecified atom stereocenters. The van der Waals surface area contributed by atoms with Crippen molar-refractivity contribution in [1.29, 1.82) is 0 Å². The molecule has 1 aromatic heterocycles. The van der Waals surface area contributed by atoms with E-state index in [1.165, 1.54) is 17.0 Å². The van der Waals surface area contributed by atoms with E-state index >= 15 is 0 Å². The van der Waals surface area contributed by atoms with E-state index in [1.54, 1.807) is 32.3 Å². The molecule has 0 atom stereocenters. The van der Waals surface area contributed by atoms with Gasteiger partial charge in [0.15, 0.2) is 0 Å². The van der Waals surface area contributed by atoms with E-state index < -0.39 is 0 Å². The van der Waals surface area contributed by atoms with Crippen LogP contribution in [0.25, 0.3) is 11.3 Å². The summed E-state index contributed by atoms with van der Waals surface area (Å²) in [5, 5.41) is 6.69. The fourth-order valence-corrected chi connectivity index (χ4v) is 1.44. The van der Waals surface area contributed by atoms with E-state index in [2.05, 4.69) is 10.2 Å². The normalized spacial score (nSPS) is 10.3. The predicted molar refractivity (Wildman–Crippen MR) is 62.0 cm³/mol. The number of carbonyl (C=O) groups excluding carboxylic acids is 1. The molecule has 0 bridgehead atoms. The van der Waals surface area contributed by atoms with Gasteiger partial charge in [-0.2, -0.15) is 5.10 Å². The second kappa shape index (κ2) is 4.37. The van der Waals surface area contributed by atoms with Crippen LogP contribution >= 0.6 is 0 Å². The van der Waals surface area contributed by atoms with Crippen molar-refractivity contribution in [3.05, 3.63) is 41.8 Å². The number of hydrogen-bond acceptors (Lipinski definition) is 2. The first-order valence-corrected chi connectivity index (χ1v) is 5.11. The SMILES string of the molecule is CN(C)C(=O)c1cc(-c2ccc(F)cc2)n[nH]1. The molecule has 5 heteroatoms. The van der Waals surface area contributed by atoms with Crippen molar-refractivity contribution >= 4 is 5.91 Å². The van der Waals surface area contributed by atoms with Crippen LogP contribution in [-0.2, 0) is 0 Å². The summed E-state index contributed by atoms with van der Waals surface area (Å²) in [6.45, 7) is 0. The van der Waals surface area contributed by atoms with Crippen LogP contribution in [0.5, 0.6) is 0 Å². The number of H-pyrrole nitrogens is 1. The monoisotopic (exact) mass is 233 g/mol. The minimum absolute atomic E-state index is 0.147. The fraction of sp³-hybridized carbons (Fsp3) is 0.167. The number of nitrogens with one attached hydrogen (secondary N) is 1. The van der Waals surface area contributed by atoms with E-state index in [9.17, 15) is 9.18 Å². The van der Waals surface area contributed by atoms with Crippen molar-refractivity contribution in [2.45, 2.75) is 0 Å². The minimum atomic E-state index is -0.297. The van der Waals surface area contributed by atoms with Crippen molar-refractivity contribution in [1.82, 2.24) is 15.1 Å². The number of aromatic amines is 1. The number of aromatic nitrogens is 2. The highest BCUT2D eigenvalue weighted by molar-refractivity contribution is 5.93. The summed E-state index contributed by atoms with van der Waals surface area (Å²) in [5.74, 6) is -0.445. The van der Waals surface area contributed by atoms with Crippen molar-refractivity contribution < 1.29 is 9.18 Å². The van der Waals surface area contributed by atoms with Crippen molar-refractivity contribution in [2.24, 2.45) is 0 Å². The molecule has 0 spiro atoms. The Morgan fingerprint density at radius 2 is 1.94 bits per heavy atom. The third kappa shape index (κ3) is 2.33. The van der Waals surface area contributed by atoms with Crippen LogP contribution < -0.4 is 0 Å². The summed E-state index contributed by atoms with van der Waals surface area (Å²) in [5.41, 5.74) is 1.80. The lowest BCUT2D eigenvalue weighted by Crippen LogP contribution is -2.21. The van der Waals surface area contributed by atoms with E-state index in [0.717, 1.165) is 5.56 Å². The van der Waals surface area contributed by atoms with Crippen LogP contribution in [0, 0.1) is 5.82 Å². The van der Waals surface area contributed by atoms with E-state index in [-0.39, 0.29) is 11.7 Å². The zero-order chi connectivity index (χ0) is 12.4. The molecule has 0 aliphatic heterocycles. The summed E-state index contributed by atoms with van der Waals surface area (Å²) >= 11 is 0. The smallest absolute Gasteiger partial charge is 0.271 e. The molecule has 1 N–H and O–H groups in total. The second-order valence-corrected chi connectivity index (χ2v) is 3.87. The Morgan fingerprint density at radius 1 is 1.29 bits per heavy atom. The maximum atomic E-state index is 12.8. The molecule has 1 amide bonds. The van der Waals surface area contributed by atoms with Gasteiger partial charge in [0.2, 0.25) is 0 Å². The van der Waals surface area contributed by atoms with Crippen molar-refractivity contribution in [2.75, 3.05) is 14.1 Å². The summed E-state index contributed by atoms with van der Waals surface area (Å²) in [4.78, 5) is 13.1. The first-order chi connectivity index (χ1) is 8.08. The zero-order valence-corrected chi connectivity index (χ0v) is 9.57. The molecule has 4 nitrogen and oxygen atoms in total. The summed E-state index contributed by atoms with van der Waals surface area (Å²) in [7, 11) is 3.33. The van der Waals surface area contributed by atoms with Crippen LogP contribution in [-0.4, -0.2) is 35.1 Å². The number of amides is 1. The number of benzene rings is 1. The molecule has 0 fully saturated rings. The van der Waals surface area contributed by atoms with Crippen LogP contribution in [0.2, 0.25) is 0 Å². The molecular weight excluding hydrogens is 221 g/mol. The highest BCUT2D eigenvalue weighted by atomic mass is 19.1. The molecule has 0 saturated carbocycles. The lowest BCUT2D eigenvalue weighted by atomic mass is 10.1. The summed E-state index contributed by atoms with van der Waals surface area (Å²) in [6.07, 6.45) is 0. The number of nitrogens with zero attached hydrogens (tertiary/aromatic N) is 2. The Kier molecular flexibility index (Phi) is 2.91. The number of hydrogen-bond donors (Lipinski definition) is 1. The van der Waals surface area contributed by atoms with E-state index in [0.29, 0.717) is 11.4 Å². The first-order valence-electron chi connectivity index (χ1n) is 5.11. The average Bonchev–Trinajstić information content (AvgIpc) is 2.78. The van der Waals surface area contributed by atoms with Crippen LogP contribution in [0.3, 0.4) is 0 Å². The van der Waals surface area contributed by atoms with Crippen molar-refractivity contribution in [3.8, 4) is 11.3 Å². The van der Waals surface area contributed by atoms with Gasteiger partial charge in [0.05, 0.1) is 5.69 Å². The highest BCUT2D eigenvalue weighted by Crippen LogP contribution is 2.18. The third-order valence-electron chi connectivity index (χ3n) is 2.35. The van der Waals surface area contributed by atoms with Crippen molar-refractivity contribution in [3.63, 3.8) is 0 Å². The fourth-order valence-electron chi connectivity index (χ4n) is 1.44. The Bertz CT molecular complexity index is 531. The maximum Gasteiger partial charge on any atom is 0.271 e. The van der Waals surface area contributed by atoms with Gasteiger partial charge < -0.3 is 4.90 Å². The van der Waals surface area contributed by atoms with E-state index in [1.807, 2.05) is 0 Å². The van der Waals surface area contributed by atoms with Gasteiger partial charge in [-0.25, -0.2) is 4.39 Å². The van der Waals surface area contributed by atoms with Gasteiger partial charge in [-0.15, -0.1) is 0 Å². The second-order valence-electron chi connectivity index (χ2n) is 3.87. The molecule has 1 heterocycles. The zero-order valence-electron chi connectivity index (χ0n) is 9.57. The van der Waals surface area contributed by atoms with Gasteiger partial charge in [0, 0.05) is 19.7 Å². The highest BCUT2D eigenvalue weighted by Gasteiger charge is 2.12. The van der Waals surface area contributed by atoms with Gasteiger partial charge >= 0.3 is 0 Å². The Hall–Kier alpha value is -2.17. The maximum absolute atomic E-state index is 12.8. The lowest BCUT2D eigenvalue weighted by molar-refractivity contribution is 0.0822. The van der Waals surface area contributed by atoms with Gasteiger partial charge in [0.1, 0.15) is 11.5 Å². The summed E-state index contributed by atoms with van der Waals surface area (Å²) in [6, 6.07) is 7.61. The number of halogens is 1. The quantitative estimate of drug-likeness (QED) is 0.861. The van der Waals surface area contributed by atoms with Gasteiger partial charge in [-0.05, 0) is 30.3 Å². The Balaban J connectivity index is 2.30. The molecule has 0 radical (unpaired) electrons. The first kappa shape index (κ1) is 11.3. The largest absolute Gasteiger partial charge is 0.343 e. The van der Waals surface area contributed by atoms with Gasteiger partial charge in [-0.3, -0.25) is 9.89 Å². The number of carbonyl (C=O) groups is 1.